The molecule has 3 aromatic carbocycles. The van der Waals surface area contributed by atoms with Gasteiger partial charge in [0, 0.05) is 11.4 Å². The first-order valence-corrected chi connectivity index (χ1v) is 13.5. The monoisotopic (exact) mass is 598 g/mol. The molecule has 0 aliphatic carbocycles. The number of rotatable bonds is 14. The molecule has 0 radical (unpaired) electrons. The lowest BCUT2D eigenvalue weighted by atomic mass is 10.3. The van der Waals surface area contributed by atoms with Gasteiger partial charge in [0.05, 0.1) is 26.6 Å². The van der Waals surface area contributed by atoms with Crippen molar-refractivity contribution in [2.24, 2.45) is 0 Å². The molecular formula is C30H30N8O6. The lowest BCUT2D eigenvalue weighted by molar-refractivity contribution is -0.117. The Morgan fingerprint density at radius 1 is 0.591 bits per heavy atom. The van der Waals surface area contributed by atoms with E-state index in [2.05, 4.69) is 31.3 Å². The van der Waals surface area contributed by atoms with Crippen molar-refractivity contribution in [1.82, 2.24) is 30.0 Å². The van der Waals surface area contributed by atoms with Crippen molar-refractivity contribution in [2.45, 2.75) is 26.3 Å². The maximum Gasteiger partial charge on any atom is 0.246 e. The third-order valence-corrected chi connectivity index (χ3v) is 6.13. The number of carbonyl (C=O) groups excluding carboxylic acids is 2. The van der Waals surface area contributed by atoms with Crippen LogP contribution in [-0.2, 0) is 35.9 Å². The molecule has 0 saturated heterocycles. The lowest BCUT2D eigenvalue weighted by Crippen LogP contribution is -2.19. The first-order chi connectivity index (χ1) is 21.4. The molecule has 0 unspecified atom stereocenters. The number of methoxy groups -OCH3 is 2. The third kappa shape index (κ3) is 8.55. The minimum Gasteiger partial charge on any atom is -0.497 e. The average Bonchev–Trinajstić information content (AvgIpc) is 3.69. The molecule has 14 heteroatoms. The summed E-state index contributed by atoms with van der Waals surface area (Å²) >= 11 is 0. The highest BCUT2D eigenvalue weighted by molar-refractivity contribution is 5.91. The van der Waals surface area contributed by atoms with E-state index in [0.29, 0.717) is 45.8 Å². The Morgan fingerprint density at radius 3 is 1.32 bits per heavy atom. The molecule has 0 bridgehead atoms. The molecule has 2 aromatic heterocycles. The van der Waals surface area contributed by atoms with E-state index >= 15 is 0 Å². The molecule has 0 saturated carbocycles. The van der Waals surface area contributed by atoms with Crippen molar-refractivity contribution < 1.29 is 28.5 Å². The summed E-state index contributed by atoms with van der Waals surface area (Å²) in [6.45, 7) is 0.371. The van der Waals surface area contributed by atoms with Crippen molar-refractivity contribution in [3.8, 4) is 23.0 Å². The molecule has 2 N–H and O–H groups in total. The molecule has 44 heavy (non-hydrogen) atoms. The van der Waals surface area contributed by atoms with Gasteiger partial charge in [-0.1, -0.05) is 10.4 Å². The summed E-state index contributed by atoms with van der Waals surface area (Å²) in [6.07, 6.45) is 3.31. The van der Waals surface area contributed by atoms with Crippen molar-refractivity contribution in [3.05, 3.63) is 96.6 Å². The Hall–Kier alpha value is -5.92. The van der Waals surface area contributed by atoms with Crippen LogP contribution in [0.1, 0.15) is 11.4 Å². The molecule has 0 spiro atoms. The minimum atomic E-state index is -0.235. The van der Waals surface area contributed by atoms with Gasteiger partial charge in [-0.3, -0.25) is 9.59 Å². The molecule has 226 valence electrons. The zero-order chi connectivity index (χ0) is 30.7. The fourth-order valence-corrected chi connectivity index (χ4v) is 3.95. The maximum absolute atomic E-state index is 12.3. The summed E-state index contributed by atoms with van der Waals surface area (Å²) in [5.74, 6) is 2.16. The molecule has 14 nitrogen and oxygen atoms in total. The van der Waals surface area contributed by atoms with Crippen molar-refractivity contribution in [3.63, 3.8) is 0 Å². The molecule has 5 rings (SSSR count). The first-order valence-electron chi connectivity index (χ1n) is 13.5. The fourth-order valence-electron chi connectivity index (χ4n) is 3.95. The van der Waals surface area contributed by atoms with Crippen molar-refractivity contribution >= 4 is 23.2 Å². The number of amides is 2. The summed E-state index contributed by atoms with van der Waals surface area (Å²) in [5.41, 5.74) is 2.46. The molecule has 0 aliphatic heterocycles. The largest absolute Gasteiger partial charge is 0.497 e. The van der Waals surface area contributed by atoms with E-state index < -0.39 is 0 Å². The van der Waals surface area contributed by atoms with E-state index in [9.17, 15) is 9.59 Å². The van der Waals surface area contributed by atoms with E-state index in [4.69, 9.17) is 18.9 Å². The predicted octanol–water partition coefficient (Wildman–Crippen LogP) is 3.32. The summed E-state index contributed by atoms with van der Waals surface area (Å²) in [6, 6.07) is 21.2. The van der Waals surface area contributed by atoms with E-state index in [0.717, 1.165) is 0 Å². The standard InChI is InChI=1S/C30H30N8O6/c1-41-25-7-3-21(4-8-25)31-29(39)17-37-15-23(33-35-37)19-43-27-11-13-28(14-12-27)44-20-24-16-38(36-34-24)18-30(40)32-22-5-9-26(42-2)10-6-22/h3-16H,17-20H2,1-2H3,(H,31,39)(H,32,40). The highest BCUT2D eigenvalue weighted by Gasteiger charge is 2.10. The van der Waals surface area contributed by atoms with Crippen LogP contribution in [0.5, 0.6) is 23.0 Å². The molecule has 0 aliphatic rings. The van der Waals surface area contributed by atoms with Crippen LogP contribution < -0.4 is 29.6 Å². The van der Waals surface area contributed by atoms with E-state index in [1.807, 2.05) is 0 Å². The molecule has 5 aromatic rings. The topological polar surface area (TPSA) is 157 Å². The van der Waals surface area contributed by atoms with Gasteiger partial charge in [-0.05, 0) is 72.8 Å². The van der Waals surface area contributed by atoms with Crippen LogP contribution >= 0.6 is 0 Å². The Balaban J connectivity index is 1.02. The summed E-state index contributed by atoms with van der Waals surface area (Å²) in [7, 11) is 3.16. The van der Waals surface area contributed by atoms with Gasteiger partial charge in [0.1, 0.15) is 60.7 Å². The SMILES string of the molecule is COc1ccc(NC(=O)Cn2cc(COc3ccc(OCc4cn(CC(=O)Nc5ccc(OC)cc5)nn4)cc3)nn2)cc1. The number of carbonyl (C=O) groups is 2. The Kier molecular flexibility index (Phi) is 9.62. The highest BCUT2D eigenvalue weighted by atomic mass is 16.5. The average molecular weight is 599 g/mol. The van der Waals surface area contributed by atoms with E-state index in [-0.39, 0.29) is 38.1 Å². The van der Waals surface area contributed by atoms with Crippen LogP contribution in [0.25, 0.3) is 0 Å². The normalized spacial score (nSPS) is 10.6. The Bertz CT molecular complexity index is 1540. The number of anilines is 2. The number of aromatic nitrogens is 6. The second-order valence-electron chi connectivity index (χ2n) is 9.42. The Morgan fingerprint density at radius 2 is 0.955 bits per heavy atom. The van der Waals surface area contributed by atoms with Gasteiger partial charge < -0.3 is 29.6 Å². The number of nitrogens with one attached hydrogen (secondary N) is 2. The molecule has 0 atom stereocenters. The lowest BCUT2D eigenvalue weighted by Gasteiger charge is -2.07. The second-order valence-corrected chi connectivity index (χ2v) is 9.42. The number of ether oxygens (including phenoxy) is 4. The van der Waals surface area contributed by atoms with Gasteiger partial charge in [-0.2, -0.15) is 0 Å². The van der Waals surface area contributed by atoms with E-state index in [1.165, 1.54) is 9.36 Å². The first kappa shape index (κ1) is 29.6. The van der Waals surface area contributed by atoms with Crippen LogP contribution in [0.2, 0.25) is 0 Å². The number of benzene rings is 3. The van der Waals surface area contributed by atoms with Gasteiger partial charge >= 0.3 is 0 Å². The zero-order valence-electron chi connectivity index (χ0n) is 24.0. The predicted molar refractivity (Wildman–Crippen MR) is 158 cm³/mol. The smallest absolute Gasteiger partial charge is 0.246 e. The number of hydrogen-bond donors (Lipinski definition) is 2. The van der Waals surface area contributed by atoms with Gasteiger partial charge in [0.25, 0.3) is 0 Å². The quantitative estimate of drug-likeness (QED) is 0.194. The van der Waals surface area contributed by atoms with Crippen molar-refractivity contribution in [1.29, 1.82) is 0 Å². The number of hydrogen-bond acceptors (Lipinski definition) is 10. The summed E-state index contributed by atoms with van der Waals surface area (Å²) in [4.78, 5) is 24.6. The number of nitrogens with zero attached hydrogens (tertiary/aromatic N) is 6. The second kappa shape index (κ2) is 14.3. The van der Waals surface area contributed by atoms with Crippen molar-refractivity contribution in [2.75, 3.05) is 24.9 Å². The van der Waals surface area contributed by atoms with E-state index in [1.54, 1.807) is 99.4 Å². The molecule has 2 amide bonds. The van der Waals surface area contributed by atoms with Crippen LogP contribution in [0, 0.1) is 0 Å². The summed E-state index contributed by atoms with van der Waals surface area (Å²) < 4.78 is 24.7. The highest BCUT2D eigenvalue weighted by Crippen LogP contribution is 2.20. The maximum atomic E-state index is 12.3. The molecule has 2 heterocycles. The van der Waals surface area contributed by atoms with Crippen LogP contribution in [0.4, 0.5) is 11.4 Å². The van der Waals surface area contributed by atoms with Gasteiger partial charge in [-0.15, -0.1) is 10.2 Å². The van der Waals surface area contributed by atoms with Crippen LogP contribution in [0.3, 0.4) is 0 Å². The van der Waals surface area contributed by atoms with Crippen LogP contribution in [-0.4, -0.2) is 56.0 Å². The zero-order valence-corrected chi connectivity index (χ0v) is 24.0. The fraction of sp³-hybridized carbons (Fsp3) is 0.200. The van der Waals surface area contributed by atoms with Gasteiger partial charge in [-0.25, -0.2) is 9.36 Å². The molecular weight excluding hydrogens is 568 g/mol. The van der Waals surface area contributed by atoms with Gasteiger partial charge in [0.15, 0.2) is 0 Å². The van der Waals surface area contributed by atoms with Gasteiger partial charge in [0.2, 0.25) is 11.8 Å². The van der Waals surface area contributed by atoms with Crippen LogP contribution in [0.15, 0.2) is 85.2 Å². The summed E-state index contributed by atoms with van der Waals surface area (Å²) in [5, 5.41) is 21.7. The third-order valence-electron chi connectivity index (χ3n) is 6.13. The molecule has 0 fully saturated rings. The Labute approximate surface area is 252 Å². The minimum absolute atomic E-state index is 0.00964.